The highest BCUT2D eigenvalue weighted by Gasteiger charge is 2.27. The number of hydrogen-bond acceptors (Lipinski definition) is 5. The van der Waals surface area contributed by atoms with E-state index in [1.165, 1.54) is 0 Å². The van der Waals surface area contributed by atoms with Gasteiger partial charge in [-0.15, -0.1) is 0 Å². The van der Waals surface area contributed by atoms with Gasteiger partial charge in [0.25, 0.3) is 0 Å². The molecule has 2 aromatic carbocycles. The number of halogens is 1. The predicted molar refractivity (Wildman–Crippen MR) is 95.6 cm³/mol. The molecule has 0 unspecified atom stereocenters. The summed E-state index contributed by atoms with van der Waals surface area (Å²) in [6, 6.07) is 12.4. The predicted octanol–water partition coefficient (Wildman–Crippen LogP) is 4.01. The summed E-state index contributed by atoms with van der Waals surface area (Å²) in [7, 11) is 0. The lowest BCUT2D eigenvalue weighted by molar-refractivity contribution is -0.145. The summed E-state index contributed by atoms with van der Waals surface area (Å²) < 4.78 is 16.8. The summed E-state index contributed by atoms with van der Waals surface area (Å²) in [5.74, 6) is 0.463. The van der Waals surface area contributed by atoms with Gasteiger partial charge in [-0.2, -0.15) is 0 Å². The first-order chi connectivity index (χ1) is 12.1. The molecule has 5 nitrogen and oxygen atoms in total. The third-order valence-electron chi connectivity index (χ3n) is 3.47. The number of ketones is 1. The van der Waals surface area contributed by atoms with Crippen molar-refractivity contribution in [3.8, 4) is 11.5 Å². The number of ether oxygens (including phenoxy) is 3. The largest absolute Gasteiger partial charge is 0.482 e. The first kappa shape index (κ1) is 17.2. The Bertz CT molecular complexity index is 839. The van der Waals surface area contributed by atoms with E-state index < -0.39 is 5.97 Å². The van der Waals surface area contributed by atoms with Crippen LogP contribution in [0.5, 0.6) is 11.5 Å². The number of rotatable bonds is 5. The van der Waals surface area contributed by atoms with E-state index in [-0.39, 0.29) is 18.1 Å². The third-order valence-corrected chi connectivity index (χ3v) is 4.00. The summed E-state index contributed by atoms with van der Waals surface area (Å²) in [5, 5.41) is 0. The molecule has 0 spiro atoms. The van der Waals surface area contributed by atoms with Gasteiger partial charge in [-0.05, 0) is 42.8 Å². The molecule has 3 rings (SSSR count). The lowest BCUT2D eigenvalue weighted by atomic mass is 10.1. The average molecular weight is 403 g/mol. The second-order valence-corrected chi connectivity index (χ2v) is 6.16. The summed E-state index contributed by atoms with van der Waals surface area (Å²) in [5.41, 5.74) is 1.32. The van der Waals surface area contributed by atoms with E-state index in [4.69, 9.17) is 14.2 Å². The van der Waals surface area contributed by atoms with Crippen LogP contribution < -0.4 is 9.47 Å². The summed E-state index contributed by atoms with van der Waals surface area (Å²) >= 11 is 3.37. The number of esters is 1. The minimum absolute atomic E-state index is 0.185. The summed E-state index contributed by atoms with van der Waals surface area (Å²) in [6.45, 7) is 1.84. The first-order valence-corrected chi connectivity index (χ1v) is 8.48. The Hall–Kier alpha value is -2.60. The maximum Gasteiger partial charge on any atom is 0.344 e. The number of carbonyl (C=O) groups excluding carboxylic acids is 2. The zero-order valence-electron chi connectivity index (χ0n) is 13.5. The van der Waals surface area contributed by atoms with Gasteiger partial charge in [0.1, 0.15) is 11.5 Å². The van der Waals surface area contributed by atoms with Crippen LogP contribution in [-0.2, 0) is 9.53 Å². The van der Waals surface area contributed by atoms with Crippen molar-refractivity contribution >= 4 is 33.8 Å². The molecule has 1 aliphatic heterocycles. The highest BCUT2D eigenvalue weighted by Crippen LogP contribution is 2.35. The van der Waals surface area contributed by atoms with E-state index in [0.29, 0.717) is 23.7 Å². The van der Waals surface area contributed by atoms with Crippen LogP contribution in [0.1, 0.15) is 22.8 Å². The molecule has 0 atom stereocenters. The Morgan fingerprint density at radius 1 is 1.20 bits per heavy atom. The van der Waals surface area contributed by atoms with Gasteiger partial charge in [0.15, 0.2) is 12.4 Å². The Morgan fingerprint density at radius 3 is 2.68 bits per heavy atom. The Morgan fingerprint density at radius 2 is 1.96 bits per heavy atom. The van der Waals surface area contributed by atoms with Crippen molar-refractivity contribution in [2.45, 2.75) is 6.92 Å². The van der Waals surface area contributed by atoms with Crippen molar-refractivity contribution < 1.29 is 23.8 Å². The van der Waals surface area contributed by atoms with Gasteiger partial charge >= 0.3 is 5.97 Å². The van der Waals surface area contributed by atoms with E-state index in [1.807, 2.05) is 24.3 Å². The molecular formula is C19H15BrO5. The van der Waals surface area contributed by atoms with Crippen LogP contribution in [0.2, 0.25) is 0 Å². The molecule has 0 amide bonds. The lowest BCUT2D eigenvalue weighted by Crippen LogP contribution is -2.14. The molecule has 0 aromatic heterocycles. The summed E-state index contributed by atoms with van der Waals surface area (Å²) in [4.78, 5) is 23.7. The van der Waals surface area contributed by atoms with Crippen LogP contribution in [0.3, 0.4) is 0 Å². The molecule has 128 valence electrons. The number of allylic oxidation sites excluding steroid dienone is 1. The molecular weight excluding hydrogens is 388 g/mol. The Kier molecular flexibility index (Phi) is 5.19. The van der Waals surface area contributed by atoms with Gasteiger partial charge in [-0.25, -0.2) is 4.79 Å². The van der Waals surface area contributed by atoms with Crippen molar-refractivity contribution in [2.75, 3.05) is 13.2 Å². The van der Waals surface area contributed by atoms with Crippen molar-refractivity contribution in [2.24, 2.45) is 0 Å². The minimum Gasteiger partial charge on any atom is -0.482 e. The topological polar surface area (TPSA) is 61.8 Å². The number of Topliss-reactive ketones (excluding diaryl/α,β-unsaturated/α-hetero) is 1. The molecule has 0 fully saturated rings. The van der Waals surface area contributed by atoms with Crippen molar-refractivity contribution in [3.05, 3.63) is 63.8 Å². The van der Waals surface area contributed by atoms with E-state index >= 15 is 0 Å². The average Bonchev–Trinajstić information content (AvgIpc) is 2.91. The van der Waals surface area contributed by atoms with Gasteiger partial charge in [-0.3, -0.25) is 4.79 Å². The van der Waals surface area contributed by atoms with Crippen LogP contribution in [0.25, 0.3) is 6.08 Å². The quantitative estimate of drug-likeness (QED) is 0.558. The standard InChI is InChI=1S/C19H15BrO5/c1-2-23-18(21)11-24-14-7-8-15-16(10-14)25-17(19(15)22)9-12-3-5-13(20)6-4-12/h3-10H,2,11H2,1H3. The summed E-state index contributed by atoms with van der Waals surface area (Å²) in [6.07, 6.45) is 1.69. The zero-order chi connectivity index (χ0) is 17.8. The van der Waals surface area contributed by atoms with Crippen LogP contribution in [0.4, 0.5) is 0 Å². The molecule has 25 heavy (non-hydrogen) atoms. The fourth-order valence-corrected chi connectivity index (χ4v) is 2.58. The van der Waals surface area contributed by atoms with E-state index in [0.717, 1.165) is 10.0 Å². The minimum atomic E-state index is -0.448. The van der Waals surface area contributed by atoms with Crippen molar-refractivity contribution in [1.29, 1.82) is 0 Å². The second kappa shape index (κ2) is 7.53. The molecule has 2 aromatic rings. The number of carbonyl (C=O) groups is 2. The van der Waals surface area contributed by atoms with E-state index in [9.17, 15) is 9.59 Å². The monoisotopic (exact) mass is 402 g/mol. The SMILES string of the molecule is CCOC(=O)COc1ccc2c(c1)OC(=Cc1ccc(Br)cc1)C2=O. The van der Waals surface area contributed by atoms with E-state index in [2.05, 4.69) is 15.9 Å². The maximum atomic E-state index is 12.4. The van der Waals surface area contributed by atoms with Crippen LogP contribution >= 0.6 is 15.9 Å². The van der Waals surface area contributed by atoms with Gasteiger partial charge in [0, 0.05) is 10.5 Å². The Balaban J connectivity index is 1.74. The fourth-order valence-electron chi connectivity index (χ4n) is 2.31. The lowest BCUT2D eigenvalue weighted by Gasteiger charge is -2.06. The van der Waals surface area contributed by atoms with Crippen molar-refractivity contribution in [1.82, 2.24) is 0 Å². The molecule has 6 heteroatoms. The van der Waals surface area contributed by atoms with Gasteiger partial charge in [0.05, 0.1) is 12.2 Å². The molecule has 1 aliphatic rings. The Labute approximate surface area is 153 Å². The first-order valence-electron chi connectivity index (χ1n) is 7.69. The molecule has 1 heterocycles. The molecule has 0 saturated heterocycles. The second-order valence-electron chi connectivity index (χ2n) is 5.24. The highest BCUT2D eigenvalue weighted by atomic mass is 79.9. The number of fused-ring (bicyclic) bond motifs is 1. The van der Waals surface area contributed by atoms with Crippen molar-refractivity contribution in [3.63, 3.8) is 0 Å². The smallest absolute Gasteiger partial charge is 0.344 e. The van der Waals surface area contributed by atoms with Gasteiger partial charge in [0.2, 0.25) is 5.78 Å². The van der Waals surface area contributed by atoms with E-state index in [1.54, 1.807) is 31.2 Å². The van der Waals surface area contributed by atoms with Gasteiger partial charge < -0.3 is 14.2 Å². The molecule has 0 radical (unpaired) electrons. The fraction of sp³-hybridized carbons (Fsp3) is 0.158. The number of hydrogen-bond donors (Lipinski definition) is 0. The molecule has 0 bridgehead atoms. The van der Waals surface area contributed by atoms with Crippen LogP contribution in [0, 0.1) is 0 Å². The number of benzene rings is 2. The molecule has 0 saturated carbocycles. The molecule has 0 N–H and O–H groups in total. The van der Waals surface area contributed by atoms with Gasteiger partial charge in [-0.1, -0.05) is 28.1 Å². The van der Waals surface area contributed by atoms with Crippen LogP contribution in [-0.4, -0.2) is 25.0 Å². The highest BCUT2D eigenvalue weighted by molar-refractivity contribution is 9.10. The zero-order valence-corrected chi connectivity index (χ0v) is 15.0. The van der Waals surface area contributed by atoms with Crippen LogP contribution in [0.15, 0.2) is 52.7 Å². The third kappa shape index (κ3) is 4.09. The molecule has 0 aliphatic carbocycles. The maximum absolute atomic E-state index is 12.4. The normalized spacial score (nSPS) is 14.2.